The van der Waals surface area contributed by atoms with Gasteiger partial charge in [-0.05, 0) is 12.3 Å². The summed E-state index contributed by atoms with van der Waals surface area (Å²) in [5.41, 5.74) is 2.14. The van der Waals surface area contributed by atoms with E-state index in [0.717, 1.165) is 17.7 Å². The third-order valence-corrected chi connectivity index (χ3v) is 2.51. The third kappa shape index (κ3) is 2.52. The van der Waals surface area contributed by atoms with Crippen molar-refractivity contribution in [2.75, 3.05) is 0 Å². The summed E-state index contributed by atoms with van der Waals surface area (Å²) in [5, 5.41) is 3.16. The second kappa shape index (κ2) is 3.87. The smallest absolute Gasteiger partial charge is 0.269 e. The van der Waals surface area contributed by atoms with E-state index in [1.54, 1.807) is 11.7 Å². The van der Waals surface area contributed by atoms with Gasteiger partial charge in [0.2, 0.25) is 0 Å². The summed E-state index contributed by atoms with van der Waals surface area (Å²) in [5.74, 6) is 0.509. The van der Waals surface area contributed by atoms with Crippen molar-refractivity contribution in [2.24, 2.45) is 13.0 Å². The summed E-state index contributed by atoms with van der Waals surface area (Å²) in [7, 11) is 1.78. The van der Waals surface area contributed by atoms with E-state index in [1.807, 2.05) is 0 Å². The molecule has 3 heteroatoms. The molecule has 15 heavy (non-hydrogen) atoms. The van der Waals surface area contributed by atoms with Crippen LogP contribution in [0.25, 0.3) is 0 Å². The van der Waals surface area contributed by atoms with Gasteiger partial charge in [-0.15, -0.1) is 0 Å². The van der Waals surface area contributed by atoms with Crippen LogP contribution < -0.4 is 5.56 Å². The lowest BCUT2D eigenvalue weighted by molar-refractivity contribution is 0.540. The molecule has 0 spiro atoms. The van der Waals surface area contributed by atoms with Crippen LogP contribution in [0.15, 0.2) is 4.79 Å². The molecule has 1 N–H and O–H groups in total. The maximum Gasteiger partial charge on any atom is 0.269 e. The molecule has 0 fully saturated rings. The zero-order valence-corrected chi connectivity index (χ0v) is 10.6. The molecule has 0 aliphatic carbocycles. The zero-order valence-electron chi connectivity index (χ0n) is 10.6. The monoisotopic (exact) mass is 210 g/mol. The van der Waals surface area contributed by atoms with Crippen LogP contribution in [0, 0.1) is 5.92 Å². The Morgan fingerprint density at radius 2 is 1.87 bits per heavy atom. The molecule has 1 aromatic heterocycles. The average Bonchev–Trinajstić information content (AvgIpc) is 2.30. The Hall–Kier alpha value is -0.990. The highest BCUT2D eigenvalue weighted by molar-refractivity contribution is 5.24. The second-order valence-electron chi connectivity index (χ2n) is 5.68. The van der Waals surface area contributed by atoms with Gasteiger partial charge in [0.25, 0.3) is 5.56 Å². The van der Waals surface area contributed by atoms with E-state index < -0.39 is 0 Å². The largest absolute Gasteiger partial charge is 0.299 e. The molecule has 0 saturated carbocycles. The normalized spacial score (nSPS) is 12.5. The van der Waals surface area contributed by atoms with E-state index in [4.69, 9.17) is 0 Å². The molecule has 0 bridgehead atoms. The van der Waals surface area contributed by atoms with Gasteiger partial charge in [0.05, 0.1) is 0 Å². The number of hydrogen-bond donors (Lipinski definition) is 1. The number of aryl methyl sites for hydroxylation is 1. The van der Waals surface area contributed by atoms with Crippen LogP contribution in [-0.4, -0.2) is 9.78 Å². The molecule has 1 rings (SSSR count). The van der Waals surface area contributed by atoms with E-state index in [0.29, 0.717) is 5.92 Å². The van der Waals surface area contributed by atoms with Gasteiger partial charge in [0.15, 0.2) is 0 Å². The molecule has 0 amide bonds. The highest BCUT2D eigenvalue weighted by atomic mass is 16.1. The van der Waals surface area contributed by atoms with Gasteiger partial charge in [-0.25, -0.2) is 0 Å². The maximum atomic E-state index is 11.9. The minimum Gasteiger partial charge on any atom is -0.299 e. The summed E-state index contributed by atoms with van der Waals surface area (Å²) in [6.07, 6.45) is 0.850. The molecule has 0 saturated heterocycles. The quantitative estimate of drug-likeness (QED) is 0.798. The highest BCUT2D eigenvalue weighted by Gasteiger charge is 2.23. The maximum absolute atomic E-state index is 11.9. The van der Waals surface area contributed by atoms with E-state index >= 15 is 0 Å². The Morgan fingerprint density at radius 1 is 1.33 bits per heavy atom. The van der Waals surface area contributed by atoms with Gasteiger partial charge in [0, 0.05) is 23.7 Å². The van der Waals surface area contributed by atoms with E-state index in [-0.39, 0.29) is 11.0 Å². The Morgan fingerprint density at radius 3 is 2.27 bits per heavy atom. The standard InChI is InChI=1S/C12H22N2O/c1-8(2)7-9-10(12(3,4)5)13-14(6)11(9)15/h8,13H,7H2,1-6H3. The summed E-state index contributed by atoms with van der Waals surface area (Å²) < 4.78 is 1.58. The average molecular weight is 210 g/mol. The number of aromatic nitrogens is 2. The van der Waals surface area contributed by atoms with Gasteiger partial charge in [-0.1, -0.05) is 34.6 Å². The van der Waals surface area contributed by atoms with E-state index in [2.05, 4.69) is 39.7 Å². The Balaban J connectivity index is 3.28. The fraction of sp³-hybridized carbons (Fsp3) is 0.750. The molecule has 0 aliphatic heterocycles. The Labute approximate surface area is 91.5 Å². The van der Waals surface area contributed by atoms with Gasteiger partial charge < -0.3 is 0 Å². The van der Waals surface area contributed by atoms with Crippen LogP contribution in [0.1, 0.15) is 45.9 Å². The van der Waals surface area contributed by atoms with Crippen LogP contribution in [-0.2, 0) is 18.9 Å². The lowest BCUT2D eigenvalue weighted by Crippen LogP contribution is -2.19. The molecule has 1 heterocycles. The Kier molecular flexibility index (Phi) is 3.12. The molecular formula is C12H22N2O. The van der Waals surface area contributed by atoms with Crippen molar-refractivity contribution in [1.29, 1.82) is 0 Å². The van der Waals surface area contributed by atoms with Crippen LogP contribution in [0.3, 0.4) is 0 Å². The van der Waals surface area contributed by atoms with Gasteiger partial charge in [-0.3, -0.25) is 14.6 Å². The lowest BCUT2D eigenvalue weighted by atomic mass is 9.87. The van der Waals surface area contributed by atoms with Gasteiger partial charge in [0.1, 0.15) is 0 Å². The van der Waals surface area contributed by atoms with Crippen molar-refractivity contribution in [3.05, 3.63) is 21.6 Å². The number of hydrogen-bond acceptors (Lipinski definition) is 1. The SMILES string of the molecule is CC(C)Cc1c(C(C)(C)C)[nH]n(C)c1=O. The summed E-state index contributed by atoms with van der Waals surface area (Å²) in [4.78, 5) is 11.9. The predicted octanol–water partition coefficient (Wildman–Crippen LogP) is 2.21. The van der Waals surface area contributed by atoms with Crippen molar-refractivity contribution < 1.29 is 0 Å². The van der Waals surface area contributed by atoms with Crippen molar-refractivity contribution in [2.45, 2.75) is 46.5 Å². The number of aromatic amines is 1. The minimum absolute atomic E-state index is 0.00461. The summed E-state index contributed by atoms with van der Waals surface area (Å²) in [6.45, 7) is 10.7. The zero-order chi connectivity index (χ0) is 11.8. The Bertz CT molecular complexity index is 391. The van der Waals surface area contributed by atoms with Crippen LogP contribution in [0.5, 0.6) is 0 Å². The number of nitrogens with one attached hydrogen (secondary N) is 1. The molecule has 0 unspecified atom stereocenters. The molecule has 3 nitrogen and oxygen atoms in total. The fourth-order valence-electron chi connectivity index (χ4n) is 1.81. The molecule has 0 atom stereocenters. The van der Waals surface area contributed by atoms with E-state index in [1.165, 1.54) is 0 Å². The van der Waals surface area contributed by atoms with Gasteiger partial charge in [-0.2, -0.15) is 0 Å². The molecule has 0 aromatic carbocycles. The predicted molar refractivity (Wildman–Crippen MR) is 63.3 cm³/mol. The van der Waals surface area contributed by atoms with Gasteiger partial charge >= 0.3 is 0 Å². The first kappa shape index (κ1) is 12.1. The topological polar surface area (TPSA) is 37.8 Å². The third-order valence-electron chi connectivity index (χ3n) is 2.51. The first-order chi connectivity index (χ1) is 6.73. The molecule has 0 aliphatic rings. The molecule has 1 aromatic rings. The lowest BCUT2D eigenvalue weighted by Gasteiger charge is -2.18. The number of rotatable bonds is 2. The molecule has 86 valence electrons. The number of nitrogens with zero attached hydrogens (tertiary/aromatic N) is 1. The van der Waals surface area contributed by atoms with Crippen LogP contribution in [0.2, 0.25) is 0 Å². The second-order valence-corrected chi connectivity index (χ2v) is 5.68. The minimum atomic E-state index is 0.00461. The first-order valence-electron chi connectivity index (χ1n) is 5.52. The van der Waals surface area contributed by atoms with Crippen molar-refractivity contribution in [3.63, 3.8) is 0 Å². The molecular weight excluding hydrogens is 188 g/mol. The van der Waals surface area contributed by atoms with Crippen molar-refractivity contribution >= 4 is 0 Å². The summed E-state index contributed by atoms with van der Waals surface area (Å²) in [6, 6.07) is 0. The van der Waals surface area contributed by atoms with Crippen molar-refractivity contribution in [1.82, 2.24) is 9.78 Å². The first-order valence-corrected chi connectivity index (χ1v) is 5.52. The number of H-pyrrole nitrogens is 1. The molecule has 0 radical (unpaired) electrons. The highest BCUT2D eigenvalue weighted by Crippen LogP contribution is 2.23. The fourth-order valence-corrected chi connectivity index (χ4v) is 1.81. The van der Waals surface area contributed by atoms with Crippen LogP contribution >= 0.6 is 0 Å². The summed E-state index contributed by atoms with van der Waals surface area (Å²) >= 11 is 0. The van der Waals surface area contributed by atoms with E-state index in [9.17, 15) is 4.79 Å². The van der Waals surface area contributed by atoms with Crippen molar-refractivity contribution in [3.8, 4) is 0 Å². The van der Waals surface area contributed by atoms with Crippen LogP contribution in [0.4, 0.5) is 0 Å².